The highest BCUT2D eigenvalue weighted by molar-refractivity contribution is 6.06. The number of carbonyl (C=O) groups is 1. The van der Waals surface area contributed by atoms with Crippen LogP contribution in [0, 0.1) is 0 Å². The first-order valence-corrected chi connectivity index (χ1v) is 5.44. The van der Waals surface area contributed by atoms with Gasteiger partial charge in [0.2, 0.25) is 0 Å². The molecule has 0 saturated heterocycles. The Hall–Kier alpha value is -2.49. The van der Waals surface area contributed by atoms with Gasteiger partial charge >= 0.3 is 0 Å². The molecular formula is C14H13NO3. The summed E-state index contributed by atoms with van der Waals surface area (Å²) < 4.78 is 0. The van der Waals surface area contributed by atoms with Gasteiger partial charge in [-0.05, 0) is 30.3 Å². The third kappa shape index (κ3) is 2.27. The molecule has 92 valence electrons. The predicted molar refractivity (Wildman–Crippen MR) is 68.9 cm³/mol. The molecule has 0 aliphatic carbocycles. The van der Waals surface area contributed by atoms with Gasteiger partial charge in [0, 0.05) is 18.3 Å². The molecule has 0 heterocycles. The van der Waals surface area contributed by atoms with E-state index in [9.17, 15) is 15.0 Å². The average molecular weight is 243 g/mol. The van der Waals surface area contributed by atoms with E-state index in [1.54, 1.807) is 7.05 Å². The molecule has 0 unspecified atom stereocenters. The highest BCUT2D eigenvalue weighted by atomic mass is 16.3. The number of hydrogen-bond acceptors (Lipinski definition) is 3. The maximum Gasteiger partial charge on any atom is 0.258 e. The quantitative estimate of drug-likeness (QED) is 0.796. The van der Waals surface area contributed by atoms with Crippen LogP contribution in [0.15, 0.2) is 48.5 Å². The highest BCUT2D eigenvalue weighted by Gasteiger charge is 2.14. The first-order chi connectivity index (χ1) is 8.59. The van der Waals surface area contributed by atoms with E-state index in [-0.39, 0.29) is 17.4 Å². The molecule has 0 aromatic heterocycles. The Morgan fingerprint density at radius 2 is 1.67 bits per heavy atom. The Labute approximate surface area is 105 Å². The second-order valence-corrected chi connectivity index (χ2v) is 3.90. The molecule has 4 heteroatoms. The minimum atomic E-state index is -0.303. The van der Waals surface area contributed by atoms with Gasteiger partial charge in [0.15, 0.2) is 11.5 Å². The number of anilines is 1. The van der Waals surface area contributed by atoms with Crippen LogP contribution in [0.1, 0.15) is 10.4 Å². The number of aromatic hydroxyl groups is 2. The second kappa shape index (κ2) is 4.79. The van der Waals surface area contributed by atoms with Crippen LogP contribution in [0.3, 0.4) is 0 Å². The first kappa shape index (κ1) is 12.0. The van der Waals surface area contributed by atoms with Gasteiger partial charge < -0.3 is 15.1 Å². The number of carbonyl (C=O) groups excluding carboxylic acids is 1. The number of rotatable bonds is 2. The van der Waals surface area contributed by atoms with E-state index >= 15 is 0 Å². The van der Waals surface area contributed by atoms with Crippen molar-refractivity contribution in [3.05, 3.63) is 54.1 Å². The fourth-order valence-corrected chi connectivity index (χ4v) is 1.62. The summed E-state index contributed by atoms with van der Waals surface area (Å²) in [5, 5.41) is 18.6. The number of hydrogen-bond donors (Lipinski definition) is 2. The van der Waals surface area contributed by atoms with Crippen molar-refractivity contribution in [3.8, 4) is 11.5 Å². The largest absolute Gasteiger partial charge is 0.504 e. The van der Waals surface area contributed by atoms with E-state index in [0.29, 0.717) is 5.56 Å². The van der Waals surface area contributed by atoms with Crippen molar-refractivity contribution in [3.63, 3.8) is 0 Å². The summed E-state index contributed by atoms with van der Waals surface area (Å²) in [5.74, 6) is -0.798. The summed E-state index contributed by atoms with van der Waals surface area (Å²) in [6.45, 7) is 0. The molecule has 2 rings (SSSR count). The van der Waals surface area contributed by atoms with Gasteiger partial charge in [0.25, 0.3) is 5.91 Å². The van der Waals surface area contributed by atoms with Gasteiger partial charge in [-0.2, -0.15) is 0 Å². The summed E-state index contributed by atoms with van der Waals surface area (Å²) in [4.78, 5) is 13.6. The maximum atomic E-state index is 12.1. The highest BCUT2D eigenvalue weighted by Crippen LogP contribution is 2.26. The lowest BCUT2D eigenvalue weighted by Gasteiger charge is -2.17. The lowest BCUT2D eigenvalue weighted by molar-refractivity contribution is 0.0992. The fourth-order valence-electron chi connectivity index (χ4n) is 1.62. The zero-order chi connectivity index (χ0) is 13.1. The molecule has 1 amide bonds. The van der Waals surface area contributed by atoms with Gasteiger partial charge in [-0.15, -0.1) is 0 Å². The summed E-state index contributed by atoms with van der Waals surface area (Å²) in [7, 11) is 1.65. The molecule has 18 heavy (non-hydrogen) atoms. The second-order valence-electron chi connectivity index (χ2n) is 3.90. The Morgan fingerprint density at radius 1 is 1.00 bits per heavy atom. The third-order valence-electron chi connectivity index (χ3n) is 2.67. The normalized spacial score (nSPS) is 10.1. The molecule has 0 radical (unpaired) electrons. The topological polar surface area (TPSA) is 60.8 Å². The fraction of sp³-hybridized carbons (Fsp3) is 0.0714. The standard InChI is InChI=1S/C14H13NO3/c1-15(11-5-3-2-4-6-11)14(18)10-7-8-12(16)13(17)9-10/h2-9,16-17H,1H3. The molecule has 4 nitrogen and oxygen atoms in total. The molecule has 0 saturated carbocycles. The van der Waals surface area contributed by atoms with E-state index in [4.69, 9.17) is 0 Å². The van der Waals surface area contributed by atoms with Gasteiger partial charge in [-0.25, -0.2) is 0 Å². The minimum absolute atomic E-state index is 0.242. The zero-order valence-corrected chi connectivity index (χ0v) is 9.87. The third-order valence-corrected chi connectivity index (χ3v) is 2.67. The Morgan fingerprint density at radius 3 is 2.28 bits per heavy atom. The van der Waals surface area contributed by atoms with Crippen molar-refractivity contribution >= 4 is 11.6 Å². The Bertz CT molecular complexity index is 567. The van der Waals surface area contributed by atoms with Gasteiger partial charge in [-0.3, -0.25) is 4.79 Å². The molecule has 0 fully saturated rings. The molecule has 0 atom stereocenters. The monoisotopic (exact) mass is 243 g/mol. The molecule has 0 aliphatic rings. The van der Waals surface area contributed by atoms with E-state index in [1.165, 1.54) is 23.1 Å². The lowest BCUT2D eigenvalue weighted by Crippen LogP contribution is -2.25. The van der Waals surface area contributed by atoms with Crippen LogP contribution in [0.2, 0.25) is 0 Å². The van der Waals surface area contributed by atoms with E-state index in [2.05, 4.69) is 0 Å². The average Bonchev–Trinajstić information content (AvgIpc) is 2.41. The number of nitrogens with zero attached hydrogens (tertiary/aromatic N) is 1. The van der Waals surface area contributed by atoms with Crippen LogP contribution in [0.4, 0.5) is 5.69 Å². The van der Waals surface area contributed by atoms with Crippen molar-refractivity contribution in [2.24, 2.45) is 0 Å². The summed E-state index contributed by atoms with van der Waals surface area (Å²) in [5.41, 5.74) is 1.08. The zero-order valence-electron chi connectivity index (χ0n) is 9.87. The Balaban J connectivity index is 2.29. The molecule has 2 N–H and O–H groups in total. The summed E-state index contributed by atoms with van der Waals surface area (Å²) >= 11 is 0. The van der Waals surface area contributed by atoms with Crippen molar-refractivity contribution in [2.75, 3.05) is 11.9 Å². The number of phenolic OH excluding ortho intramolecular Hbond substituents is 2. The number of para-hydroxylation sites is 1. The van der Waals surface area contributed by atoms with E-state index in [1.807, 2.05) is 30.3 Å². The Kier molecular flexibility index (Phi) is 3.19. The van der Waals surface area contributed by atoms with E-state index in [0.717, 1.165) is 5.69 Å². The number of benzene rings is 2. The SMILES string of the molecule is CN(C(=O)c1ccc(O)c(O)c1)c1ccccc1. The number of phenols is 2. The lowest BCUT2D eigenvalue weighted by atomic mass is 10.1. The van der Waals surface area contributed by atoms with Crippen molar-refractivity contribution < 1.29 is 15.0 Å². The summed E-state index contributed by atoms with van der Waals surface area (Å²) in [6, 6.07) is 13.2. The van der Waals surface area contributed by atoms with Crippen LogP contribution < -0.4 is 4.90 Å². The smallest absolute Gasteiger partial charge is 0.258 e. The van der Waals surface area contributed by atoms with Crippen LogP contribution in [-0.4, -0.2) is 23.2 Å². The van der Waals surface area contributed by atoms with Crippen molar-refractivity contribution in [1.82, 2.24) is 0 Å². The minimum Gasteiger partial charge on any atom is -0.504 e. The molecule has 2 aromatic carbocycles. The number of amides is 1. The van der Waals surface area contributed by atoms with E-state index < -0.39 is 0 Å². The molecule has 0 spiro atoms. The summed E-state index contributed by atoms with van der Waals surface area (Å²) in [6.07, 6.45) is 0. The predicted octanol–water partition coefficient (Wildman–Crippen LogP) is 2.37. The molecular weight excluding hydrogens is 230 g/mol. The van der Waals surface area contributed by atoms with Crippen LogP contribution in [-0.2, 0) is 0 Å². The van der Waals surface area contributed by atoms with Gasteiger partial charge in [0.1, 0.15) is 0 Å². The van der Waals surface area contributed by atoms with Crippen molar-refractivity contribution in [2.45, 2.75) is 0 Å². The van der Waals surface area contributed by atoms with Gasteiger partial charge in [-0.1, -0.05) is 18.2 Å². The molecule has 2 aromatic rings. The van der Waals surface area contributed by atoms with Crippen LogP contribution in [0.25, 0.3) is 0 Å². The van der Waals surface area contributed by atoms with Gasteiger partial charge in [0.05, 0.1) is 0 Å². The molecule has 0 aliphatic heterocycles. The maximum absolute atomic E-state index is 12.1. The molecule has 0 bridgehead atoms. The van der Waals surface area contributed by atoms with Crippen LogP contribution >= 0.6 is 0 Å². The first-order valence-electron chi connectivity index (χ1n) is 5.44. The van der Waals surface area contributed by atoms with Crippen molar-refractivity contribution in [1.29, 1.82) is 0 Å². The van der Waals surface area contributed by atoms with Crippen LogP contribution in [0.5, 0.6) is 11.5 Å².